The Morgan fingerprint density at radius 1 is 1.50 bits per heavy atom. The van der Waals surface area contributed by atoms with Gasteiger partial charge in [0.1, 0.15) is 11.5 Å². The van der Waals surface area contributed by atoms with E-state index in [1.54, 1.807) is 17.5 Å². The summed E-state index contributed by atoms with van der Waals surface area (Å²) in [6.07, 6.45) is 0. The molecule has 2 aromatic rings. The zero-order chi connectivity index (χ0) is 14.8. The number of aliphatic carboxylic acids is 1. The number of aromatic nitrogens is 1. The molecule has 0 aromatic carbocycles. The fourth-order valence-corrected chi connectivity index (χ4v) is 3.22. The molecule has 0 saturated carbocycles. The van der Waals surface area contributed by atoms with Gasteiger partial charge in [-0.25, -0.2) is 13.4 Å². The molecule has 0 aliphatic heterocycles. The van der Waals surface area contributed by atoms with Crippen LogP contribution in [0.15, 0.2) is 21.9 Å². The van der Waals surface area contributed by atoms with Gasteiger partial charge < -0.3 is 15.3 Å². The van der Waals surface area contributed by atoms with Crippen LogP contribution in [0.4, 0.5) is 5.13 Å². The number of carbonyl (C=O) groups is 1. The van der Waals surface area contributed by atoms with Gasteiger partial charge in [-0.2, -0.15) is 0 Å². The molecule has 0 atom stereocenters. The minimum Gasteiger partial charge on any atom is -0.480 e. The minimum atomic E-state index is -3.95. The number of carboxylic acids is 1. The van der Waals surface area contributed by atoms with Crippen LogP contribution >= 0.6 is 11.3 Å². The van der Waals surface area contributed by atoms with E-state index in [0.29, 0.717) is 17.2 Å². The standard InChI is InChI=1S/C10H11N3O5S2/c11-3-6-1-2-8(18-6)7-4-19-10(12-7)13-20(16,17)5-9(14)15/h1-2,4H,3,5,11H2,(H,12,13)(H,14,15). The van der Waals surface area contributed by atoms with Gasteiger partial charge in [-0.3, -0.25) is 9.52 Å². The Morgan fingerprint density at radius 3 is 2.85 bits per heavy atom. The van der Waals surface area contributed by atoms with Gasteiger partial charge in [0.05, 0.1) is 6.54 Å². The van der Waals surface area contributed by atoms with Crippen molar-refractivity contribution in [2.24, 2.45) is 5.73 Å². The highest BCUT2D eigenvalue weighted by Crippen LogP contribution is 2.26. The van der Waals surface area contributed by atoms with Gasteiger partial charge in [0, 0.05) is 5.38 Å². The van der Waals surface area contributed by atoms with Crippen molar-refractivity contribution in [2.75, 3.05) is 10.5 Å². The zero-order valence-corrected chi connectivity index (χ0v) is 11.7. The first-order valence-electron chi connectivity index (χ1n) is 5.36. The highest BCUT2D eigenvalue weighted by atomic mass is 32.2. The van der Waals surface area contributed by atoms with Crippen LogP contribution in [0.1, 0.15) is 5.76 Å². The fourth-order valence-electron chi connectivity index (χ4n) is 1.39. The normalized spacial score (nSPS) is 11.4. The van der Waals surface area contributed by atoms with Crippen molar-refractivity contribution in [2.45, 2.75) is 6.54 Å². The summed E-state index contributed by atoms with van der Waals surface area (Å²) in [5.41, 5.74) is 5.86. The Hall–Kier alpha value is -1.91. The minimum absolute atomic E-state index is 0.0759. The first-order valence-corrected chi connectivity index (χ1v) is 7.90. The maximum absolute atomic E-state index is 11.4. The monoisotopic (exact) mass is 317 g/mol. The second-order valence-electron chi connectivity index (χ2n) is 3.76. The Kier molecular flexibility index (Phi) is 4.06. The summed E-state index contributed by atoms with van der Waals surface area (Å²) in [5.74, 6) is -1.40. The number of nitrogens with two attached hydrogens (primary N) is 1. The molecule has 0 unspecified atom stereocenters. The molecule has 8 nitrogen and oxygen atoms in total. The number of hydrogen-bond acceptors (Lipinski definition) is 7. The van der Waals surface area contributed by atoms with Crippen LogP contribution in [0.3, 0.4) is 0 Å². The molecule has 0 fully saturated rings. The second-order valence-corrected chi connectivity index (χ2v) is 6.34. The van der Waals surface area contributed by atoms with Crippen LogP contribution in [0.25, 0.3) is 11.5 Å². The molecule has 0 bridgehead atoms. The van der Waals surface area contributed by atoms with Crippen molar-refractivity contribution in [3.8, 4) is 11.5 Å². The maximum Gasteiger partial charge on any atom is 0.320 e. The first kappa shape index (κ1) is 14.5. The van der Waals surface area contributed by atoms with Gasteiger partial charge >= 0.3 is 5.97 Å². The highest BCUT2D eigenvalue weighted by Gasteiger charge is 2.18. The number of furan rings is 1. The summed E-state index contributed by atoms with van der Waals surface area (Å²) in [6, 6.07) is 3.37. The molecular weight excluding hydrogens is 306 g/mol. The SMILES string of the molecule is NCc1ccc(-c2csc(NS(=O)(=O)CC(=O)O)n2)o1. The molecule has 0 aliphatic rings. The van der Waals surface area contributed by atoms with Gasteiger partial charge in [-0.05, 0) is 12.1 Å². The van der Waals surface area contributed by atoms with Crippen LogP contribution in [-0.2, 0) is 21.4 Å². The summed E-state index contributed by atoms with van der Waals surface area (Å²) in [4.78, 5) is 14.4. The topological polar surface area (TPSA) is 136 Å². The molecule has 0 saturated heterocycles. The molecular formula is C10H11N3O5S2. The van der Waals surface area contributed by atoms with Crippen molar-refractivity contribution in [3.05, 3.63) is 23.3 Å². The van der Waals surface area contributed by atoms with E-state index in [-0.39, 0.29) is 11.7 Å². The largest absolute Gasteiger partial charge is 0.480 e. The van der Waals surface area contributed by atoms with E-state index >= 15 is 0 Å². The number of anilines is 1. The number of hydrogen-bond donors (Lipinski definition) is 3. The fraction of sp³-hybridized carbons (Fsp3) is 0.200. The van der Waals surface area contributed by atoms with Crippen LogP contribution in [0, 0.1) is 0 Å². The molecule has 0 amide bonds. The molecule has 2 rings (SSSR count). The van der Waals surface area contributed by atoms with E-state index in [4.69, 9.17) is 15.3 Å². The van der Waals surface area contributed by atoms with Crippen molar-refractivity contribution < 1.29 is 22.7 Å². The Labute approximate surface area is 118 Å². The molecule has 2 aromatic heterocycles. The van der Waals surface area contributed by atoms with Crippen molar-refractivity contribution in [1.82, 2.24) is 4.98 Å². The van der Waals surface area contributed by atoms with Crippen LogP contribution in [0.2, 0.25) is 0 Å². The number of nitrogens with one attached hydrogen (secondary N) is 1. The average Bonchev–Trinajstić information content (AvgIpc) is 2.94. The van der Waals surface area contributed by atoms with Gasteiger partial charge in [0.2, 0.25) is 10.0 Å². The molecule has 10 heteroatoms. The van der Waals surface area contributed by atoms with Crippen LogP contribution in [0.5, 0.6) is 0 Å². The number of nitrogens with zero attached hydrogens (tertiary/aromatic N) is 1. The number of rotatable bonds is 6. The van der Waals surface area contributed by atoms with E-state index in [1.165, 1.54) is 0 Å². The lowest BCUT2D eigenvalue weighted by atomic mass is 10.3. The predicted molar refractivity (Wildman–Crippen MR) is 72.8 cm³/mol. The molecule has 4 N–H and O–H groups in total. The van der Waals surface area contributed by atoms with Gasteiger partial charge in [-0.1, -0.05) is 0 Å². The number of carboxylic acid groups (broad SMARTS) is 1. The van der Waals surface area contributed by atoms with Crippen molar-refractivity contribution in [1.29, 1.82) is 0 Å². The summed E-state index contributed by atoms with van der Waals surface area (Å²) in [5, 5.41) is 10.1. The van der Waals surface area contributed by atoms with Crippen molar-refractivity contribution in [3.63, 3.8) is 0 Å². The third kappa shape index (κ3) is 3.56. The lowest BCUT2D eigenvalue weighted by Crippen LogP contribution is -2.22. The second kappa shape index (κ2) is 5.61. The smallest absolute Gasteiger partial charge is 0.320 e. The van der Waals surface area contributed by atoms with E-state index in [9.17, 15) is 13.2 Å². The van der Waals surface area contributed by atoms with Gasteiger partial charge in [-0.15, -0.1) is 11.3 Å². The maximum atomic E-state index is 11.4. The zero-order valence-electron chi connectivity index (χ0n) is 10.1. The summed E-state index contributed by atoms with van der Waals surface area (Å²) in [7, 11) is -3.95. The third-order valence-electron chi connectivity index (χ3n) is 2.18. The first-order chi connectivity index (χ1) is 9.39. The van der Waals surface area contributed by atoms with Crippen LogP contribution in [-0.4, -0.2) is 30.2 Å². The van der Waals surface area contributed by atoms with E-state index < -0.39 is 21.7 Å². The quantitative estimate of drug-likeness (QED) is 0.713. The van der Waals surface area contributed by atoms with E-state index in [2.05, 4.69) is 9.71 Å². The molecule has 0 spiro atoms. The molecule has 108 valence electrons. The lowest BCUT2D eigenvalue weighted by Gasteiger charge is -2.00. The Bertz CT molecular complexity index is 719. The summed E-state index contributed by atoms with van der Waals surface area (Å²) < 4.78 is 30.4. The summed E-state index contributed by atoms with van der Waals surface area (Å²) >= 11 is 1.03. The lowest BCUT2D eigenvalue weighted by molar-refractivity contribution is -0.134. The molecule has 20 heavy (non-hydrogen) atoms. The average molecular weight is 317 g/mol. The summed E-state index contributed by atoms with van der Waals surface area (Å²) in [6.45, 7) is 0.252. The third-order valence-corrected chi connectivity index (χ3v) is 4.19. The van der Waals surface area contributed by atoms with E-state index in [1.807, 2.05) is 0 Å². The molecule has 2 heterocycles. The van der Waals surface area contributed by atoms with E-state index in [0.717, 1.165) is 11.3 Å². The van der Waals surface area contributed by atoms with Crippen LogP contribution < -0.4 is 10.5 Å². The molecule has 0 radical (unpaired) electrons. The Morgan fingerprint density at radius 2 is 2.25 bits per heavy atom. The Balaban J connectivity index is 2.15. The van der Waals surface area contributed by atoms with Gasteiger partial charge in [0.15, 0.2) is 16.6 Å². The van der Waals surface area contributed by atoms with Crippen molar-refractivity contribution >= 4 is 32.5 Å². The number of sulfonamides is 1. The number of thiazole rings is 1. The predicted octanol–water partition coefficient (Wildman–Crippen LogP) is 0.688. The molecule has 0 aliphatic carbocycles. The highest BCUT2D eigenvalue weighted by molar-refractivity contribution is 7.93. The van der Waals surface area contributed by atoms with Gasteiger partial charge in [0.25, 0.3) is 0 Å².